The number of carbonyl (C=O) groups is 2. The standard InChI is InChI=1S/C30H34N2O4/c1-3-20(2)28(29(34)31-22(18-33)17-21-11-5-4-6-12-21)32-30(35)36-19-27-25-15-9-7-13-23(25)24-14-8-10-16-26(24)27/h4-16,20,22,27-28,33H,3,17-19H2,1-2H3,(H,31,34)(H,32,35)/t20?,22-,28-/m1/s1. The first-order valence-corrected chi connectivity index (χ1v) is 12.6. The van der Waals surface area contributed by atoms with Crippen LogP contribution in [0.4, 0.5) is 4.79 Å². The zero-order chi connectivity index (χ0) is 25.5. The van der Waals surface area contributed by atoms with Gasteiger partial charge in [0.25, 0.3) is 0 Å². The number of ether oxygens (including phenoxy) is 1. The molecule has 1 aliphatic carbocycles. The van der Waals surface area contributed by atoms with Gasteiger partial charge in [-0.1, -0.05) is 99.1 Å². The van der Waals surface area contributed by atoms with Crippen molar-refractivity contribution < 1.29 is 19.4 Å². The van der Waals surface area contributed by atoms with Crippen LogP contribution in [0.15, 0.2) is 78.9 Å². The van der Waals surface area contributed by atoms with Crippen LogP contribution in [0.5, 0.6) is 0 Å². The molecule has 3 aromatic rings. The van der Waals surface area contributed by atoms with E-state index in [2.05, 4.69) is 34.9 Å². The number of amides is 2. The summed E-state index contributed by atoms with van der Waals surface area (Å²) in [6.07, 6.45) is 0.576. The van der Waals surface area contributed by atoms with Gasteiger partial charge in [-0.3, -0.25) is 4.79 Å². The van der Waals surface area contributed by atoms with Crippen LogP contribution in [0, 0.1) is 5.92 Å². The molecule has 1 aliphatic rings. The Hall–Kier alpha value is -3.64. The Morgan fingerprint density at radius 3 is 2.06 bits per heavy atom. The van der Waals surface area contributed by atoms with Crippen molar-refractivity contribution in [1.29, 1.82) is 0 Å². The molecule has 6 heteroatoms. The quantitative estimate of drug-likeness (QED) is 0.389. The Balaban J connectivity index is 1.39. The van der Waals surface area contributed by atoms with Crippen LogP contribution in [-0.4, -0.2) is 42.4 Å². The number of alkyl carbamates (subject to hydrolysis) is 1. The van der Waals surface area contributed by atoms with E-state index in [0.29, 0.717) is 12.8 Å². The molecule has 3 N–H and O–H groups in total. The van der Waals surface area contributed by atoms with E-state index in [9.17, 15) is 14.7 Å². The highest BCUT2D eigenvalue weighted by Gasteiger charge is 2.31. The van der Waals surface area contributed by atoms with Gasteiger partial charge in [-0.15, -0.1) is 0 Å². The predicted molar refractivity (Wildman–Crippen MR) is 141 cm³/mol. The van der Waals surface area contributed by atoms with E-state index in [0.717, 1.165) is 27.8 Å². The molecule has 0 aromatic heterocycles. The number of hydrogen-bond donors (Lipinski definition) is 3. The zero-order valence-electron chi connectivity index (χ0n) is 20.8. The normalized spacial score (nSPS) is 14.8. The van der Waals surface area contributed by atoms with Crippen LogP contribution in [0.25, 0.3) is 11.1 Å². The molecular weight excluding hydrogens is 452 g/mol. The topological polar surface area (TPSA) is 87.7 Å². The van der Waals surface area contributed by atoms with Gasteiger partial charge in [0.2, 0.25) is 5.91 Å². The van der Waals surface area contributed by atoms with E-state index in [1.807, 2.05) is 68.4 Å². The van der Waals surface area contributed by atoms with Gasteiger partial charge in [-0.25, -0.2) is 4.79 Å². The number of nitrogens with one attached hydrogen (secondary N) is 2. The highest BCUT2D eigenvalue weighted by atomic mass is 16.5. The molecule has 0 radical (unpaired) electrons. The molecule has 0 aliphatic heterocycles. The van der Waals surface area contributed by atoms with Crippen molar-refractivity contribution in [3.05, 3.63) is 95.6 Å². The summed E-state index contributed by atoms with van der Waals surface area (Å²) < 4.78 is 5.66. The summed E-state index contributed by atoms with van der Waals surface area (Å²) in [5.41, 5.74) is 5.60. The zero-order valence-corrected chi connectivity index (χ0v) is 20.8. The van der Waals surface area contributed by atoms with Crippen molar-refractivity contribution in [3.8, 4) is 11.1 Å². The van der Waals surface area contributed by atoms with E-state index in [1.54, 1.807) is 0 Å². The Morgan fingerprint density at radius 1 is 0.889 bits per heavy atom. The lowest BCUT2D eigenvalue weighted by Crippen LogP contribution is -2.53. The summed E-state index contributed by atoms with van der Waals surface area (Å²) in [6, 6.07) is 24.8. The molecule has 1 unspecified atom stereocenters. The number of benzene rings is 3. The minimum atomic E-state index is -0.768. The number of fused-ring (bicyclic) bond motifs is 3. The largest absolute Gasteiger partial charge is 0.449 e. The maximum absolute atomic E-state index is 13.1. The molecule has 0 fully saturated rings. The number of aliphatic hydroxyl groups is 1. The monoisotopic (exact) mass is 486 g/mol. The van der Waals surface area contributed by atoms with Crippen LogP contribution in [-0.2, 0) is 16.0 Å². The average molecular weight is 487 g/mol. The minimum absolute atomic E-state index is 0.0522. The molecule has 0 saturated heterocycles. The van der Waals surface area contributed by atoms with Gasteiger partial charge < -0.3 is 20.5 Å². The van der Waals surface area contributed by atoms with Gasteiger partial charge in [0, 0.05) is 5.92 Å². The Bertz CT molecular complexity index is 1130. The molecule has 188 valence electrons. The minimum Gasteiger partial charge on any atom is -0.449 e. The van der Waals surface area contributed by atoms with Crippen molar-refractivity contribution in [2.75, 3.05) is 13.2 Å². The van der Waals surface area contributed by atoms with E-state index in [1.165, 1.54) is 0 Å². The number of rotatable bonds is 10. The van der Waals surface area contributed by atoms with Crippen molar-refractivity contribution in [3.63, 3.8) is 0 Å². The van der Waals surface area contributed by atoms with Gasteiger partial charge in [0.1, 0.15) is 12.6 Å². The molecule has 6 nitrogen and oxygen atoms in total. The number of hydrogen-bond acceptors (Lipinski definition) is 4. The third kappa shape index (κ3) is 5.77. The highest BCUT2D eigenvalue weighted by Crippen LogP contribution is 2.44. The van der Waals surface area contributed by atoms with Gasteiger partial charge >= 0.3 is 6.09 Å². The summed E-state index contributed by atoms with van der Waals surface area (Å²) in [6.45, 7) is 3.87. The van der Waals surface area contributed by atoms with E-state index in [4.69, 9.17) is 4.74 Å². The van der Waals surface area contributed by atoms with Crippen LogP contribution in [0.1, 0.15) is 42.9 Å². The summed E-state index contributed by atoms with van der Waals surface area (Å²) in [5.74, 6) is -0.488. The molecular formula is C30H34N2O4. The third-order valence-corrected chi connectivity index (χ3v) is 7.00. The first-order valence-electron chi connectivity index (χ1n) is 12.6. The van der Waals surface area contributed by atoms with Crippen molar-refractivity contribution >= 4 is 12.0 Å². The highest BCUT2D eigenvalue weighted by molar-refractivity contribution is 5.86. The number of carbonyl (C=O) groups excluding carboxylic acids is 2. The average Bonchev–Trinajstić information content (AvgIpc) is 3.23. The second-order valence-electron chi connectivity index (χ2n) is 9.41. The van der Waals surface area contributed by atoms with Crippen molar-refractivity contribution in [2.45, 2.75) is 44.7 Å². The molecule has 0 saturated carbocycles. The molecule has 0 spiro atoms. The Morgan fingerprint density at radius 2 is 1.47 bits per heavy atom. The first-order chi connectivity index (χ1) is 17.5. The van der Waals surface area contributed by atoms with Crippen LogP contribution < -0.4 is 10.6 Å². The van der Waals surface area contributed by atoms with Crippen LogP contribution >= 0.6 is 0 Å². The fraction of sp³-hybridized carbons (Fsp3) is 0.333. The van der Waals surface area contributed by atoms with Gasteiger partial charge in [-0.05, 0) is 40.2 Å². The summed E-state index contributed by atoms with van der Waals surface area (Å²) in [7, 11) is 0. The van der Waals surface area contributed by atoms with Gasteiger partial charge in [-0.2, -0.15) is 0 Å². The summed E-state index contributed by atoms with van der Waals surface area (Å²) in [4.78, 5) is 26.0. The molecule has 4 rings (SSSR count). The van der Waals surface area contributed by atoms with Gasteiger partial charge in [0.05, 0.1) is 12.6 Å². The molecule has 36 heavy (non-hydrogen) atoms. The fourth-order valence-corrected chi connectivity index (χ4v) is 4.82. The van der Waals surface area contributed by atoms with Crippen LogP contribution in [0.3, 0.4) is 0 Å². The number of aliphatic hydroxyl groups excluding tert-OH is 1. The first kappa shape index (κ1) is 25.5. The molecule has 0 bridgehead atoms. The summed E-state index contributed by atoms with van der Waals surface area (Å²) >= 11 is 0. The lowest BCUT2D eigenvalue weighted by atomic mass is 9.97. The molecule has 0 heterocycles. The smallest absolute Gasteiger partial charge is 0.407 e. The molecule has 3 aromatic carbocycles. The fourth-order valence-electron chi connectivity index (χ4n) is 4.82. The third-order valence-electron chi connectivity index (χ3n) is 7.00. The second kappa shape index (κ2) is 11.9. The second-order valence-corrected chi connectivity index (χ2v) is 9.41. The molecule has 3 atom stereocenters. The lowest BCUT2D eigenvalue weighted by molar-refractivity contribution is -0.125. The maximum atomic E-state index is 13.1. The van der Waals surface area contributed by atoms with Crippen LogP contribution in [0.2, 0.25) is 0 Å². The Labute approximate surface area is 212 Å². The Kier molecular flexibility index (Phi) is 8.39. The predicted octanol–water partition coefficient (Wildman–Crippen LogP) is 4.66. The van der Waals surface area contributed by atoms with E-state index < -0.39 is 18.2 Å². The summed E-state index contributed by atoms with van der Waals surface area (Å²) in [5, 5.41) is 15.5. The SMILES string of the molecule is CCC(C)[C@@H](NC(=O)OCC1c2ccccc2-c2ccccc21)C(=O)N[C@@H](CO)Cc1ccccc1. The van der Waals surface area contributed by atoms with E-state index >= 15 is 0 Å². The van der Waals surface area contributed by atoms with Gasteiger partial charge in [0.15, 0.2) is 0 Å². The molecule has 2 amide bonds. The van der Waals surface area contributed by atoms with E-state index in [-0.39, 0.29) is 31.0 Å². The lowest BCUT2D eigenvalue weighted by Gasteiger charge is -2.26. The maximum Gasteiger partial charge on any atom is 0.407 e. The van der Waals surface area contributed by atoms with Crippen molar-refractivity contribution in [1.82, 2.24) is 10.6 Å². The van der Waals surface area contributed by atoms with Crippen molar-refractivity contribution in [2.24, 2.45) is 5.92 Å².